The van der Waals surface area contributed by atoms with Gasteiger partial charge in [-0.3, -0.25) is 4.79 Å². The molecule has 1 aliphatic heterocycles. The van der Waals surface area contributed by atoms with Crippen LogP contribution in [-0.4, -0.2) is 39.4 Å². The van der Waals surface area contributed by atoms with Crippen molar-refractivity contribution in [3.8, 4) is 5.75 Å². The molecule has 1 amide bonds. The molecule has 146 valence electrons. The van der Waals surface area contributed by atoms with E-state index in [9.17, 15) is 13.2 Å². The molecule has 2 aromatic rings. The first kappa shape index (κ1) is 19.4. The summed E-state index contributed by atoms with van der Waals surface area (Å²) in [5.41, 5.74) is 0.257. The lowest BCUT2D eigenvalue weighted by Crippen LogP contribution is -2.38. The maximum atomic E-state index is 12.9. The van der Waals surface area contributed by atoms with E-state index in [1.807, 2.05) is 0 Å². The summed E-state index contributed by atoms with van der Waals surface area (Å²) in [6, 6.07) is 7.69. The summed E-state index contributed by atoms with van der Waals surface area (Å²) >= 11 is 0. The third-order valence-electron chi connectivity index (χ3n) is 4.80. The van der Waals surface area contributed by atoms with Gasteiger partial charge in [0, 0.05) is 13.1 Å². The molecule has 27 heavy (non-hydrogen) atoms. The monoisotopic (exact) mass is 392 g/mol. The Morgan fingerprint density at radius 3 is 2.67 bits per heavy atom. The molecule has 0 bridgehead atoms. The predicted octanol–water partition coefficient (Wildman–Crippen LogP) is 2.64. The molecule has 1 fully saturated rings. The second kappa shape index (κ2) is 8.14. The van der Waals surface area contributed by atoms with Gasteiger partial charge < -0.3 is 14.1 Å². The number of nitrogens with one attached hydrogen (secondary N) is 1. The average molecular weight is 392 g/mol. The molecule has 0 saturated carbocycles. The molecule has 3 rings (SSSR count). The number of carbonyl (C=O) groups excluding carboxylic acids is 1. The van der Waals surface area contributed by atoms with E-state index in [0.717, 1.165) is 12.8 Å². The molecule has 1 aromatic heterocycles. The minimum absolute atomic E-state index is 0.0172. The predicted molar refractivity (Wildman–Crippen MR) is 100 cm³/mol. The number of amides is 1. The summed E-state index contributed by atoms with van der Waals surface area (Å²) in [4.78, 5) is 14.7. The lowest BCUT2D eigenvalue weighted by Gasteiger charge is -2.30. The molecule has 0 radical (unpaired) electrons. The normalized spacial score (nSPS) is 15.7. The Morgan fingerprint density at radius 2 is 2.04 bits per heavy atom. The first-order chi connectivity index (χ1) is 12.9. The Kier molecular flexibility index (Phi) is 5.86. The third-order valence-corrected chi connectivity index (χ3v) is 6.20. The molecule has 8 heteroatoms. The Morgan fingerprint density at radius 1 is 1.30 bits per heavy atom. The van der Waals surface area contributed by atoms with Gasteiger partial charge in [0.25, 0.3) is 5.91 Å². The Bertz CT molecular complexity index is 885. The fourth-order valence-corrected chi connectivity index (χ4v) is 4.09. The van der Waals surface area contributed by atoms with Crippen LogP contribution in [0.2, 0.25) is 0 Å². The number of furan rings is 1. The number of likely N-dealkylation sites (tertiary alicyclic amines) is 1. The summed E-state index contributed by atoms with van der Waals surface area (Å²) in [5.74, 6) is 1.25. The van der Waals surface area contributed by atoms with Crippen molar-refractivity contribution < 1.29 is 22.4 Å². The van der Waals surface area contributed by atoms with E-state index in [0.29, 0.717) is 30.5 Å². The van der Waals surface area contributed by atoms with Crippen LogP contribution in [0.5, 0.6) is 5.75 Å². The van der Waals surface area contributed by atoms with Crippen LogP contribution < -0.4 is 9.46 Å². The van der Waals surface area contributed by atoms with Crippen molar-refractivity contribution in [1.82, 2.24) is 9.62 Å². The highest BCUT2D eigenvalue weighted by atomic mass is 32.2. The van der Waals surface area contributed by atoms with E-state index in [4.69, 9.17) is 9.15 Å². The van der Waals surface area contributed by atoms with Crippen molar-refractivity contribution in [2.75, 3.05) is 20.2 Å². The summed E-state index contributed by atoms with van der Waals surface area (Å²) in [7, 11) is -2.33. The zero-order valence-corrected chi connectivity index (χ0v) is 16.3. The SMILES string of the molecule is COc1ccc(S(=O)(=O)NCc2ccco2)cc1C(=O)N1CCC(C)CC1. The van der Waals surface area contributed by atoms with E-state index >= 15 is 0 Å². The van der Waals surface area contributed by atoms with Crippen LogP contribution >= 0.6 is 0 Å². The van der Waals surface area contributed by atoms with Gasteiger partial charge in [0.1, 0.15) is 11.5 Å². The van der Waals surface area contributed by atoms with Crippen LogP contribution in [0.15, 0.2) is 45.9 Å². The highest BCUT2D eigenvalue weighted by molar-refractivity contribution is 7.89. The minimum Gasteiger partial charge on any atom is -0.496 e. The van der Waals surface area contributed by atoms with E-state index in [-0.39, 0.29) is 22.9 Å². The Labute approximate surface area is 159 Å². The number of benzene rings is 1. The highest BCUT2D eigenvalue weighted by Gasteiger charge is 2.26. The molecule has 1 saturated heterocycles. The van der Waals surface area contributed by atoms with Gasteiger partial charge in [-0.15, -0.1) is 0 Å². The summed E-state index contributed by atoms with van der Waals surface area (Å²) in [6.07, 6.45) is 3.36. The molecule has 0 spiro atoms. The molecule has 1 aliphatic rings. The van der Waals surface area contributed by atoms with Crippen LogP contribution in [0.3, 0.4) is 0 Å². The van der Waals surface area contributed by atoms with E-state index < -0.39 is 10.0 Å². The van der Waals surface area contributed by atoms with E-state index in [1.165, 1.54) is 31.6 Å². The first-order valence-corrected chi connectivity index (χ1v) is 10.4. The number of rotatable bonds is 6. The third kappa shape index (κ3) is 4.51. The van der Waals surface area contributed by atoms with Gasteiger partial charge in [-0.25, -0.2) is 13.1 Å². The molecule has 0 unspecified atom stereocenters. The first-order valence-electron chi connectivity index (χ1n) is 8.90. The summed E-state index contributed by atoms with van der Waals surface area (Å²) in [6.45, 7) is 3.53. The summed E-state index contributed by atoms with van der Waals surface area (Å²) in [5, 5.41) is 0. The second-order valence-electron chi connectivity index (χ2n) is 6.74. The number of piperidine rings is 1. The molecule has 7 nitrogen and oxygen atoms in total. The molecular formula is C19H24N2O5S. The van der Waals surface area contributed by atoms with Gasteiger partial charge in [0.15, 0.2) is 0 Å². The number of ether oxygens (including phenoxy) is 1. The Balaban J connectivity index is 1.83. The van der Waals surface area contributed by atoms with Crippen molar-refractivity contribution in [3.63, 3.8) is 0 Å². The zero-order valence-electron chi connectivity index (χ0n) is 15.5. The minimum atomic E-state index is -3.79. The molecule has 1 aromatic carbocycles. The number of hydrogen-bond donors (Lipinski definition) is 1. The smallest absolute Gasteiger partial charge is 0.257 e. The van der Waals surface area contributed by atoms with Crippen molar-refractivity contribution in [2.45, 2.75) is 31.2 Å². The lowest BCUT2D eigenvalue weighted by molar-refractivity contribution is 0.0693. The Hall–Kier alpha value is -2.32. The van der Waals surface area contributed by atoms with Gasteiger partial charge in [0.2, 0.25) is 10.0 Å². The summed E-state index contributed by atoms with van der Waals surface area (Å²) < 4.78 is 38.1. The van der Waals surface area contributed by atoms with Crippen LogP contribution in [-0.2, 0) is 16.6 Å². The lowest BCUT2D eigenvalue weighted by atomic mass is 9.98. The molecule has 1 N–H and O–H groups in total. The number of nitrogens with zero attached hydrogens (tertiary/aromatic N) is 1. The zero-order chi connectivity index (χ0) is 19.4. The van der Waals surface area contributed by atoms with Crippen molar-refractivity contribution in [1.29, 1.82) is 0 Å². The highest BCUT2D eigenvalue weighted by Crippen LogP contribution is 2.26. The number of sulfonamides is 1. The second-order valence-corrected chi connectivity index (χ2v) is 8.51. The van der Waals surface area contributed by atoms with Crippen LogP contribution in [0, 0.1) is 5.92 Å². The number of hydrogen-bond acceptors (Lipinski definition) is 5. The van der Waals surface area contributed by atoms with Crippen molar-refractivity contribution in [3.05, 3.63) is 47.9 Å². The average Bonchev–Trinajstić information content (AvgIpc) is 3.20. The molecular weight excluding hydrogens is 368 g/mol. The maximum Gasteiger partial charge on any atom is 0.257 e. The molecule has 0 aliphatic carbocycles. The standard InChI is InChI=1S/C19H24N2O5S/c1-14-7-9-21(10-8-14)19(22)17-12-16(5-6-18(17)25-2)27(23,24)20-13-15-4-3-11-26-15/h3-6,11-12,14,20H,7-10,13H2,1-2H3. The maximum absolute atomic E-state index is 12.9. The van der Waals surface area contributed by atoms with Gasteiger partial charge >= 0.3 is 0 Å². The van der Waals surface area contributed by atoms with Gasteiger partial charge in [-0.2, -0.15) is 0 Å². The van der Waals surface area contributed by atoms with Crippen molar-refractivity contribution >= 4 is 15.9 Å². The fraction of sp³-hybridized carbons (Fsp3) is 0.421. The van der Waals surface area contributed by atoms with Crippen LogP contribution in [0.1, 0.15) is 35.9 Å². The van der Waals surface area contributed by atoms with E-state index in [1.54, 1.807) is 17.0 Å². The quantitative estimate of drug-likeness (QED) is 0.816. The van der Waals surface area contributed by atoms with Gasteiger partial charge in [0.05, 0.1) is 30.4 Å². The fourth-order valence-electron chi connectivity index (χ4n) is 3.07. The van der Waals surface area contributed by atoms with Crippen LogP contribution in [0.4, 0.5) is 0 Å². The topological polar surface area (TPSA) is 88.9 Å². The molecule has 2 heterocycles. The largest absolute Gasteiger partial charge is 0.496 e. The van der Waals surface area contributed by atoms with Gasteiger partial charge in [-0.1, -0.05) is 6.92 Å². The number of carbonyl (C=O) groups is 1. The van der Waals surface area contributed by atoms with E-state index in [2.05, 4.69) is 11.6 Å². The van der Waals surface area contributed by atoms with Crippen LogP contribution in [0.25, 0.3) is 0 Å². The molecule has 0 atom stereocenters. The van der Waals surface area contributed by atoms with Crippen molar-refractivity contribution in [2.24, 2.45) is 5.92 Å². The van der Waals surface area contributed by atoms with Gasteiger partial charge in [-0.05, 0) is 49.1 Å². The number of methoxy groups -OCH3 is 1.